The molecule has 1 aliphatic rings. The van der Waals surface area contributed by atoms with Crippen LogP contribution in [0.3, 0.4) is 0 Å². The fraction of sp³-hybridized carbons (Fsp3) is 0.474. The number of anilines is 4. The minimum Gasteiger partial charge on any atom is -0.393 e. The van der Waals surface area contributed by atoms with E-state index in [1.807, 2.05) is 0 Å². The largest absolute Gasteiger partial charge is 0.393 e. The highest BCUT2D eigenvalue weighted by atomic mass is 15.2. The number of rotatable bonds is 6. The molecule has 1 aromatic carbocycles. The Morgan fingerprint density at radius 1 is 1.08 bits per heavy atom. The summed E-state index contributed by atoms with van der Waals surface area (Å²) in [4.78, 5) is 11.1. The number of benzene rings is 1. The molecule has 6 nitrogen and oxygen atoms in total. The fourth-order valence-corrected chi connectivity index (χ4v) is 3.23. The summed E-state index contributed by atoms with van der Waals surface area (Å²) in [5.74, 6) is 1.33. The van der Waals surface area contributed by atoms with Gasteiger partial charge in [-0.3, -0.25) is 0 Å². The lowest BCUT2D eigenvalue weighted by atomic mass is 10.1. The standard InChI is InChI=1S/C19H28N6/c1-14-6-7-16(15(2)12-14)24-19-17(20)18(22-13-23-19)21-8-11-25-9-4-3-5-10-25/h6-7,12-13H,3-5,8-11,20H2,1-2H3,(H2,21,22,23,24). The first-order valence-corrected chi connectivity index (χ1v) is 9.04. The molecule has 0 atom stereocenters. The molecule has 3 rings (SSSR count). The molecule has 134 valence electrons. The van der Waals surface area contributed by atoms with E-state index in [0.717, 1.165) is 24.3 Å². The molecule has 0 unspecified atom stereocenters. The van der Waals surface area contributed by atoms with Gasteiger partial charge in [-0.25, -0.2) is 9.97 Å². The second-order valence-corrected chi connectivity index (χ2v) is 6.76. The first kappa shape index (κ1) is 17.5. The lowest BCUT2D eigenvalue weighted by Crippen LogP contribution is -2.33. The van der Waals surface area contributed by atoms with Crippen LogP contribution in [0.2, 0.25) is 0 Å². The van der Waals surface area contributed by atoms with Crippen LogP contribution in [0.4, 0.5) is 23.0 Å². The normalized spacial score (nSPS) is 15.1. The highest BCUT2D eigenvalue weighted by Crippen LogP contribution is 2.27. The van der Waals surface area contributed by atoms with Gasteiger partial charge >= 0.3 is 0 Å². The Kier molecular flexibility index (Phi) is 5.71. The number of likely N-dealkylation sites (tertiary alicyclic amines) is 1. The Morgan fingerprint density at radius 2 is 1.84 bits per heavy atom. The minimum atomic E-state index is 0.557. The first-order chi connectivity index (χ1) is 12.1. The fourth-order valence-electron chi connectivity index (χ4n) is 3.23. The second kappa shape index (κ2) is 8.16. The molecule has 25 heavy (non-hydrogen) atoms. The monoisotopic (exact) mass is 340 g/mol. The third kappa shape index (κ3) is 4.60. The van der Waals surface area contributed by atoms with Gasteiger partial charge in [0.15, 0.2) is 11.6 Å². The van der Waals surface area contributed by atoms with Gasteiger partial charge in [-0.1, -0.05) is 24.1 Å². The predicted octanol–water partition coefficient (Wildman–Crippen LogP) is 3.32. The molecule has 1 aromatic heterocycles. The summed E-state index contributed by atoms with van der Waals surface area (Å²) in [6.07, 6.45) is 5.51. The third-order valence-corrected chi connectivity index (χ3v) is 4.69. The lowest BCUT2D eigenvalue weighted by Gasteiger charge is -2.26. The average molecular weight is 340 g/mol. The van der Waals surface area contributed by atoms with Crippen molar-refractivity contribution >= 4 is 23.0 Å². The van der Waals surface area contributed by atoms with Crippen LogP contribution in [0.25, 0.3) is 0 Å². The number of nitrogens with zero attached hydrogens (tertiary/aromatic N) is 3. The molecule has 0 aliphatic carbocycles. The van der Waals surface area contributed by atoms with E-state index in [-0.39, 0.29) is 0 Å². The molecule has 2 heterocycles. The topological polar surface area (TPSA) is 79.1 Å². The van der Waals surface area contributed by atoms with E-state index in [4.69, 9.17) is 5.73 Å². The summed E-state index contributed by atoms with van der Waals surface area (Å²) in [7, 11) is 0. The number of piperidine rings is 1. The van der Waals surface area contributed by atoms with Crippen molar-refractivity contribution in [3.63, 3.8) is 0 Å². The van der Waals surface area contributed by atoms with Crippen LogP contribution in [0, 0.1) is 13.8 Å². The number of aryl methyl sites for hydroxylation is 2. The van der Waals surface area contributed by atoms with Gasteiger partial charge < -0.3 is 21.3 Å². The van der Waals surface area contributed by atoms with Gasteiger partial charge in [0.2, 0.25) is 0 Å². The van der Waals surface area contributed by atoms with Crippen molar-refractivity contribution in [2.24, 2.45) is 0 Å². The van der Waals surface area contributed by atoms with Crippen molar-refractivity contribution < 1.29 is 0 Å². The zero-order valence-electron chi connectivity index (χ0n) is 15.2. The van der Waals surface area contributed by atoms with Gasteiger partial charge in [-0.05, 0) is 51.4 Å². The van der Waals surface area contributed by atoms with Crippen LogP contribution in [0.5, 0.6) is 0 Å². The summed E-state index contributed by atoms with van der Waals surface area (Å²) >= 11 is 0. The van der Waals surface area contributed by atoms with E-state index >= 15 is 0 Å². The molecule has 1 saturated heterocycles. The van der Waals surface area contributed by atoms with E-state index in [0.29, 0.717) is 17.3 Å². The quantitative estimate of drug-likeness (QED) is 0.749. The summed E-state index contributed by atoms with van der Waals surface area (Å²) in [6.45, 7) is 8.40. The molecule has 0 radical (unpaired) electrons. The van der Waals surface area contributed by atoms with Crippen molar-refractivity contribution in [2.75, 3.05) is 42.5 Å². The van der Waals surface area contributed by atoms with E-state index < -0.39 is 0 Å². The maximum absolute atomic E-state index is 6.27. The van der Waals surface area contributed by atoms with Crippen molar-refractivity contribution in [3.8, 4) is 0 Å². The van der Waals surface area contributed by atoms with Gasteiger partial charge in [-0.2, -0.15) is 0 Å². The highest BCUT2D eigenvalue weighted by Gasteiger charge is 2.12. The molecule has 6 heteroatoms. The number of hydrogen-bond acceptors (Lipinski definition) is 6. The Hall–Kier alpha value is -2.34. The Labute approximate surface area is 149 Å². The van der Waals surface area contributed by atoms with Gasteiger partial charge in [0.05, 0.1) is 0 Å². The summed E-state index contributed by atoms with van der Waals surface area (Å²) in [5.41, 5.74) is 10.2. The van der Waals surface area contributed by atoms with E-state index in [9.17, 15) is 0 Å². The van der Waals surface area contributed by atoms with Crippen LogP contribution in [-0.2, 0) is 0 Å². The highest BCUT2D eigenvalue weighted by molar-refractivity contribution is 5.78. The molecule has 2 aromatic rings. The SMILES string of the molecule is Cc1ccc(Nc2ncnc(NCCN3CCCCC3)c2N)c(C)c1. The van der Waals surface area contributed by atoms with Crippen LogP contribution < -0.4 is 16.4 Å². The second-order valence-electron chi connectivity index (χ2n) is 6.76. The number of nitrogens with two attached hydrogens (primary N) is 1. The number of nitrogen functional groups attached to an aromatic ring is 1. The van der Waals surface area contributed by atoms with Gasteiger partial charge in [0, 0.05) is 18.8 Å². The Morgan fingerprint density at radius 3 is 2.60 bits per heavy atom. The molecule has 1 fully saturated rings. The number of nitrogens with one attached hydrogen (secondary N) is 2. The van der Waals surface area contributed by atoms with Crippen molar-refractivity contribution in [3.05, 3.63) is 35.7 Å². The number of aromatic nitrogens is 2. The van der Waals surface area contributed by atoms with Crippen molar-refractivity contribution in [2.45, 2.75) is 33.1 Å². The minimum absolute atomic E-state index is 0.557. The van der Waals surface area contributed by atoms with Gasteiger partial charge in [-0.15, -0.1) is 0 Å². The molecule has 1 aliphatic heterocycles. The Bertz CT molecular complexity index is 709. The molecule has 4 N–H and O–H groups in total. The molecular weight excluding hydrogens is 312 g/mol. The molecule has 0 amide bonds. The van der Waals surface area contributed by atoms with Crippen LogP contribution >= 0.6 is 0 Å². The van der Waals surface area contributed by atoms with E-state index in [1.165, 1.54) is 37.9 Å². The molecule has 0 bridgehead atoms. The summed E-state index contributed by atoms with van der Waals surface area (Å²) in [6, 6.07) is 6.26. The van der Waals surface area contributed by atoms with E-state index in [2.05, 4.69) is 57.5 Å². The maximum Gasteiger partial charge on any atom is 0.159 e. The van der Waals surface area contributed by atoms with Crippen molar-refractivity contribution in [1.82, 2.24) is 14.9 Å². The lowest BCUT2D eigenvalue weighted by molar-refractivity contribution is 0.237. The number of hydrogen-bond donors (Lipinski definition) is 3. The predicted molar refractivity (Wildman–Crippen MR) is 104 cm³/mol. The van der Waals surface area contributed by atoms with Crippen LogP contribution in [0.15, 0.2) is 24.5 Å². The van der Waals surface area contributed by atoms with Crippen LogP contribution in [-0.4, -0.2) is 41.0 Å². The third-order valence-electron chi connectivity index (χ3n) is 4.69. The summed E-state index contributed by atoms with van der Waals surface area (Å²) < 4.78 is 0. The van der Waals surface area contributed by atoms with Gasteiger partial charge in [0.1, 0.15) is 12.0 Å². The summed E-state index contributed by atoms with van der Waals surface area (Å²) in [5, 5.41) is 6.67. The zero-order valence-corrected chi connectivity index (χ0v) is 15.2. The average Bonchev–Trinajstić information content (AvgIpc) is 2.61. The van der Waals surface area contributed by atoms with E-state index in [1.54, 1.807) is 6.33 Å². The molecular formula is C19H28N6. The molecule has 0 spiro atoms. The van der Waals surface area contributed by atoms with Crippen molar-refractivity contribution in [1.29, 1.82) is 0 Å². The molecule has 0 saturated carbocycles. The van der Waals surface area contributed by atoms with Gasteiger partial charge in [0.25, 0.3) is 0 Å². The smallest absolute Gasteiger partial charge is 0.159 e. The Balaban J connectivity index is 1.63. The first-order valence-electron chi connectivity index (χ1n) is 9.04. The zero-order chi connectivity index (χ0) is 17.6. The van der Waals surface area contributed by atoms with Crippen LogP contribution in [0.1, 0.15) is 30.4 Å². The maximum atomic E-state index is 6.27.